The van der Waals surface area contributed by atoms with E-state index in [9.17, 15) is 4.79 Å². The van der Waals surface area contributed by atoms with Crippen LogP contribution in [0.1, 0.15) is 15.9 Å². The maximum absolute atomic E-state index is 11.0. The first-order valence-corrected chi connectivity index (χ1v) is 5.50. The van der Waals surface area contributed by atoms with Crippen LogP contribution >= 0.6 is 0 Å². The second-order valence-electron chi connectivity index (χ2n) is 3.64. The number of aromatic carboxylic acids is 1. The van der Waals surface area contributed by atoms with Gasteiger partial charge in [0.1, 0.15) is 12.2 Å². The Hall–Kier alpha value is -2.63. The normalized spacial score (nSPS) is 9.95. The predicted molar refractivity (Wildman–Crippen MR) is 66.3 cm³/mol. The van der Waals surface area contributed by atoms with Gasteiger partial charge in [-0.3, -0.25) is 4.98 Å². The SMILES string of the molecule is COc1ncccc1COc1cnccc1C(=O)O. The van der Waals surface area contributed by atoms with Crippen molar-refractivity contribution in [2.75, 3.05) is 7.11 Å². The molecule has 1 N–H and O–H groups in total. The summed E-state index contributed by atoms with van der Waals surface area (Å²) in [6.07, 6.45) is 4.38. The van der Waals surface area contributed by atoms with E-state index < -0.39 is 5.97 Å². The fourth-order valence-electron chi connectivity index (χ4n) is 1.54. The van der Waals surface area contributed by atoms with Gasteiger partial charge in [0.25, 0.3) is 0 Å². The van der Waals surface area contributed by atoms with Crippen LogP contribution in [-0.4, -0.2) is 28.2 Å². The zero-order valence-corrected chi connectivity index (χ0v) is 10.2. The third kappa shape index (κ3) is 2.98. The standard InChI is InChI=1S/C13H12N2O4/c1-18-12-9(3-2-5-15-12)8-19-11-7-14-6-4-10(11)13(16)17/h2-7H,8H2,1H3,(H,16,17). The van der Waals surface area contributed by atoms with Crippen molar-refractivity contribution in [3.8, 4) is 11.6 Å². The number of nitrogens with zero attached hydrogens (tertiary/aromatic N) is 2. The first-order valence-electron chi connectivity index (χ1n) is 5.50. The lowest BCUT2D eigenvalue weighted by Crippen LogP contribution is -2.05. The van der Waals surface area contributed by atoms with Crippen LogP contribution in [0, 0.1) is 0 Å². The zero-order chi connectivity index (χ0) is 13.7. The molecule has 0 bridgehead atoms. The summed E-state index contributed by atoms with van der Waals surface area (Å²) in [6, 6.07) is 4.93. The summed E-state index contributed by atoms with van der Waals surface area (Å²) in [5, 5.41) is 9.02. The van der Waals surface area contributed by atoms with Crippen molar-refractivity contribution < 1.29 is 19.4 Å². The quantitative estimate of drug-likeness (QED) is 0.882. The third-order valence-corrected chi connectivity index (χ3v) is 2.44. The van der Waals surface area contributed by atoms with E-state index in [-0.39, 0.29) is 17.9 Å². The van der Waals surface area contributed by atoms with Crippen LogP contribution in [0.2, 0.25) is 0 Å². The molecule has 2 aromatic rings. The molecule has 0 amide bonds. The third-order valence-electron chi connectivity index (χ3n) is 2.44. The van der Waals surface area contributed by atoms with Gasteiger partial charge in [0.05, 0.1) is 18.9 Å². The van der Waals surface area contributed by atoms with E-state index in [2.05, 4.69) is 9.97 Å². The second kappa shape index (κ2) is 5.81. The molecule has 6 nitrogen and oxygen atoms in total. The molecule has 0 aliphatic rings. The molecule has 0 aromatic carbocycles. The fourth-order valence-corrected chi connectivity index (χ4v) is 1.54. The lowest BCUT2D eigenvalue weighted by Gasteiger charge is -2.10. The molecular formula is C13H12N2O4. The number of aromatic nitrogens is 2. The highest BCUT2D eigenvalue weighted by atomic mass is 16.5. The molecular weight excluding hydrogens is 248 g/mol. The lowest BCUT2D eigenvalue weighted by atomic mass is 10.2. The predicted octanol–water partition coefficient (Wildman–Crippen LogP) is 1.76. The Morgan fingerprint density at radius 3 is 2.95 bits per heavy atom. The number of carboxylic acids is 1. The number of hydrogen-bond donors (Lipinski definition) is 1. The van der Waals surface area contributed by atoms with Gasteiger partial charge in [-0.1, -0.05) is 0 Å². The van der Waals surface area contributed by atoms with Crippen LogP contribution < -0.4 is 9.47 Å². The van der Waals surface area contributed by atoms with E-state index in [1.54, 1.807) is 18.3 Å². The molecule has 0 saturated heterocycles. The Morgan fingerprint density at radius 1 is 1.37 bits per heavy atom. The first-order chi connectivity index (χ1) is 9.22. The van der Waals surface area contributed by atoms with Crippen molar-refractivity contribution in [3.63, 3.8) is 0 Å². The van der Waals surface area contributed by atoms with Gasteiger partial charge in [0.15, 0.2) is 5.75 Å². The van der Waals surface area contributed by atoms with Crippen molar-refractivity contribution in [2.24, 2.45) is 0 Å². The molecule has 0 spiro atoms. The van der Waals surface area contributed by atoms with Gasteiger partial charge < -0.3 is 14.6 Å². The van der Waals surface area contributed by atoms with E-state index >= 15 is 0 Å². The summed E-state index contributed by atoms with van der Waals surface area (Å²) < 4.78 is 10.6. The summed E-state index contributed by atoms with van der Waals surface area (Å²) >= 11 is 0. The van der Waals surface area contributed by atoms with Gasteiger partial charge in [-0.15, -0.1) is 0 Å². The minimum absolute atomic E-state index is 0.0675. The maximum Gasteiger partial charge on any atom is 0.339 e. The summed E-state index contributed by atoms with van der Waals surface area (Å²) in [5.41, 5.74) is 0.794. The van der Waals surface area contributed by atoms with E-state index in [0.717, 1.165) is 5.56 Å². The van der Waals surface area contributed by atoms with Crippen LogP contribution in [0.3, 0.4) is 0 Å². The maximum atomic E-state index is 11.0. The molecule has 98 valence electrons. The molecule has 19 heavy (non-hydrogen) atoms. The molecule has 0 radical (unpaired) electrons. The highest BCUT2D eigenvalue weighted by Gasteiger charge is 2.12. The smallest absolute Gasteiger partial charge is 0.339 e. The summed E-state index contributed by atoms with van der Waals surface area (Å²) in [7, 11) is 1.51. The monoisotopic (exact) mass is 260 g/mol. The Bertz CT molecular complexity index is 586. The van der Waals surface area contributed by atoms with Crippen LogP contribution in [0.4, 0.5) is 0 Å². The lowest BCUT2D eigenvalue weighted by molar-refractivity contribution is 0.0691. The molecule has 6 heteroatoms. The molecule has 2 heterocycles. The average molecular weight is 260 g/mol. The van der Waals surface area contributed by atoms with Gasteiger partial charge in [-0.05, 0) is 18.2 Å². The second-order valence-corrected chi connectivity index (χ2v) is 3.64. The van der Waals surface area contributed by atoms with E-state index in [1.165, 1.54) is 25.6 Å². The molecule has 0 aliphatic carbocycles. The highest BCUT2D eigenvalue weighted by Crippen LogP contribution is 2.20. The molecule has 0 atom stereocenters. The molecule has 0 fully saturated rings. The highest BCUT2D eigenvalue weighted by molar-refractivity contribution is 5.90. The number of rotatable bonds is 5. The number of hydrogen-bond acceptors (Lipinski definition) is 5. The molecule has 2 rings (SSSR count). The van der Waals surface area contributed by atoms with Gasteiger partial charge in [0, 0.05) is 12.4 Å². The Morgan fingerprint density at radius 2 is 2.21 bits per heavy atom. The summed E-state index contributed by atoms with van der Waals surface area (Å²) in [4.78, 5) is 18.9. The fraction of sp³-hybridized carbons (Fsp3) is 0.154. The average Bonchev–Trinajstić information content (AvgIpc) is 2.45. The van der Waals surface area contributed by atoms with Crippen molar-refractivity contribution in [2.45, 2.75) is 6.61 Å². The van der Waals surface area contributed by atoms with Gasteiger partial charge in [-0.25, -0.2) is 9.78 Å². The van der Waals surface area contributed by atoms with E-state index in [4.69, 9.17) is 14.6 Å². The number of methoxy groups -OCH3 is 1. The number of pyridine rings is 2. The van der Waals surface area contributed by atoms with Gasteiger partial charge in [0.2, 0.25) is 5.88 Å². The van der Waals surface area contributed by atoms with Crippen LogP contribution in [0.5, 0.6) is 11.6 Å². The number of ether oxygens (including phenoxy) is 2. The Kier molecular flexibility index (Phi) is 3.92. The molecule has 0 saturated carbocycles. The molecule has 0 unspecified atom stereocenters. The Labute approximate surface area is 109 Å². The minimum atomic E-state index is -1.06. The van der Waals surface area contributed by atoms with E-state index in [0.29, 0.717) is 5.88 Å². The number of carboxylic acid groups (broad SMARTS) is 1. The van der Waals surface area contributed by atoms with Crippen LogP contribution in [0.15, 0.2) is 36.8 Å². The van der Waals surface area contributed by atoms with Crippen molar-refractivity contribution in [3.05, 3.63) is 47.9 Å². The topological polar surface area (TPSA) is 81.5 Å². The Balaban J connectivity index is 2.17. The largest absolute Gasteiger partial charge is 0.486 e. The first kappa shape index (κ1) is 12.8. The van der Waals surface area contributed by atoms with Gasteiger partial charge in [-0.2, -0.15) is 0 Å². The van der Waals surface area contributed by atoms with Crippen molar-refractivity contribution >= 4 is 5.97 Å². The molecule has 2 aromatic heterocycles. The van der Waals surface area contributed by atoms with Crippen LogP contribution in [0.25, 0.3) is 0 Å². The number of carbonyl (C=O) groups is 1. The van der Waals surface area contributed by atoms with E-state index in [1.807, 2.05) is 0 Å². The summed E-state index contributed by atoms with van der Waals surface area (Å²) in [6.45, 7) is 0.156. The zero-order valence-electron chi connectivity index (χ0n) is 10.2. The summed E-state index contributed by atoms with van der Waals surface area (Å²) in [5.74, 6) is -0.403. The van der Waals surface area contributed by atoms with Crippen LogP contribution in [-0.2, 0) is 6.61 Å². The van der Waals surface area contributed by atoms with Crippen molar-refractivity contribution in [1.29, 1.82) is 0 Å². The minimum Gasteiger partial charge on any atom is -0.486 e. The van der Waals surface area contributed by atoms with Crippen molar-refractivity contribution in [1.82, 2.24) is 9.97 Å². The molecule has 0 aliphatic heterocycles. The van der Waals surface area contributed by atoms with Gasteiger partial charge >= 0.3 is 5.97 Å².